The van der Waals surface area contributed by atoms with Crippen LogP contribution in [0.25, 0.3) is 0 Å². The van der Waals surface area contributed by atoms with Crippen LogP contribution in [0, 0.1) is 0 Å². The van der Waals surface area contributed by atoms with Crippen molar-refractivity contribution in [2.45, 2.75) is 4.90 Å². The number of anilines is 2. The number of methoxy groups -OCH3 is 3. The Bertz CT molecular complexity index is 1350. The zero-order valence-corrected chi connectivity index (χ0v) is 19.8. The first-order chi connectivity index (χ1) is 16.7. The molecule has 0 aliphatic rings. The first-order valence-electron chi connectivity index (χ1n) is 10.1. The summed E-state index contributed by atoms with van der Waals surface area (Å²) in [5, 5.41) is 2.69. The lowest BCUT2D eigenvalue weighted by Gasteiger charge is -2.15. The number of amides is 1. The molecule has 1 amide bonds. The van der Waals surface area contributed by atoms with Gasteiger partial charge in [0.2, 0.25) is 0 Å². The maximum atomic E-state index is 13.2. The van der Waals surface area contributed by atoms with Gasteiger partial charge in [0.25, 0.3) is 15.9 Å². The molecule has 0 spiro atoms. The Kier molecular flexibility index (Phi) is 7.72. The fourth-order valence-electron chi connectivity index (χ4n) is 3.14. The maximum absolute atomic E-state index is 13.2. The number of sulfonamides is 1. The van der Waals surface area contributed by atoms with E-state index in [1.54, 1.807) is 36.4 Å². The Balaban J connectivity index is 1.98. The fourth-order valence-corrected chi connectivity index (χ4v) is 4.29. The van der Waals surface area contributed by atoms with E-state index in [1.165, 1.54) is 19.2 Å². The molecule has 0 fully saturated rings. The molecule has 0 aliphatic heterocycles. The molecule has 0 saturated carbocycles. The van der Waals surface area contributed by atoms with E-state index in [9.17, 15) is 22.8 Å². The lowest BCUT2D eigenvalue weighted by atomic mass is 10.1. The van der Waals surface area contributed by atoms with Crippen LogP contribution < -0.4 is 14.8 Å². The third kappa shape index (κ3) is 5.76. The van der Waals surface area contributed by atoms with Crippen LogP contribution in [0.3, 0.4) is 0 Å². The smallest absolute Gasteiger partial charge is 0.337 e. The topological polar surface area (TPSA) is 137 Å². The molecule has 0 aromatic heterocycles. The van der Waals surface area contributed by atoms with Gasteiger partial charge in [-0.25, -0.2) is 18.0 Å². The van der Waals surface area contributed by atoms with Gasteiger partial charge in [-0.2, -0.15) is 0 Å². The minimum atomic E-state index is -4.35. The molecule has 0 saturated heterocycles. The highest BCUT2D eigenvalue weighted by Gasteiger charge is 2.23. The quantitative estimate of drug-likeness (QED) is 0.451. The summed E-state index contributed by atoms with van der Waals surface area (Å²) in [5.74, 6) is -1.85. The minimum Gasteiger partial charge on any atom is -0.495 e. The molecule has 11 heteroatoms. The van der Waals surface area contributed by atoms with E-state index in [0.29, 0.717) is 11.4 Å². The van der Waals surface area contributed by atoms with Crippen LogP contribution in [0.4, 0.5) is 11.4 Å². The van der Waals surface area contributed by atoms with Gasteiger partial charge in [-0.05, 0) is 42.5 Å². The first-order valence-corrected chi connectivity index (χ1v) is 11.6. The van der Waals surface area contributed by atoms with Crippen LogP contribution in [0.2, 0.25) is 0 Å². The molecular formula is C24H22N2O8S. The molecule has 35 heavy (non-hydrogen) atoms. The fraction of sp³-hybridized carbons (Fsp3) is 0.125. The van der Waals surface area contributed by atoms with Crippen LogP contribution in [0.15, 0.2) is 71.6 Å². The summed E-state index contributed by atoms with van der Waals surface area (Å²) in [7, 11) is -0.655. The van der Waals surface area contributed by atoms with Crippen LogP contribution in [-0.4, -0.2) is 47.6 Å². The number of esters is 2. The molecule has 0 heterocycles. The molecule has 3 aromatic rings. The standard InChI is InChI=1S/C24H22N2O8S/c1-32-21-11-7-6-10-20(21)25-22(27)18-8-4-5-9-19(18)26-35(30,31)17-13-15(23(28)33-2)12-16(14-17)24(29)34-3/h4-14,26H,1-3H3,(H,25,27). The van der Waals surface area contributed by atoms with Crippen LogP contribution >= 0.6 is 0 Å². The summed E-state index contributed by atoms with van der Waals surface area (Å²) in [4.78, 5) is 36.6. The second-order valence-corrected chi connectivity index (χ2v) is 8.72. The molecule has 0 unspecified atom stereocenters. The Hall–Kier alpha value is -4.38. The van der Waals surface area contributed by atoms with E-state index in [2.05, 4.69) is 19.5 Å². The summed E-state index contributed by atoms with van der Waals surface area (Å²) < 4.78 is 43.3. The third-order valence-corrected chi connectivity index (χ3v) is 6.18. The van der Waals surface area contributed by atoms with Gasteiger partial charge in [0.05, 0.1) is 54.3 Å². The van der Waals surface area contributed by atoms with Gasteiger partial charge >= 0.3 is 11.9 Å². The van der Waals surface area contributed by atoms with Crippen molar-refractivity contribution in [2.24, 2.45) is 0 Å². The third-order valence-electron chi connectivity index (χ3n) is 4.83. The summed E-state index contributed by atoms with van der Waals surface area (Å²) in [6.07, 6.45) is 0. The molecule has 0 bridgehead atoms. The average Bonchev–Trinajstić information content (AvgIpc) is 2.87. The summed E-state index contributed by atoms with van der Waals surface area (Å²) >= 11 is 0. The number of carbonyl (C=O) groups is 3. The highest BCUT2D eigenvalue weighted by atomic mass is 32.2. The maximum Gasteiger partial charge on any atom is 0.337 e. The number of benzene rings is 3. The first kappa shape index (κ1) is 25.2. The molecule has 0 radical (unpaired) electrons. The average molecular weight is 499 g/mol. The van der Waals surface area contributed by atoms with Crippen LogP contribution in [-0.2, 0) is 19.5 Å². The van der Waals surface area contributed by atoms with Crippen LogP contribution in [0.5, 0.6) is 5.75 Å². The van der Waals surface area contributed by atoms with Gasteiger partial charge in [0, 0.05) is 0 Å². The van der Waals surface area contributed by atoms with Gasteiger partial charge in [0.15, 0.2) is 0 Å². The summed E-state index contributed by atoms with van der Waals surface area (Å²) in [6, 6.07) is 16.0. The van der Waals surface area contributed by atoms with Crippen molar-refractivity contribution in [3.63, 3.8) is 0 Å². The Morgan fingerprint density at radius 1 is 0.743 bits per heavy atom. The molecule has 182 valence electrons. The zero-order chi connectivity index (χ0) is 25.6. The second kappa shape index (κ2) is 10.7. The van der Waals surface area contributed by atoms with E-state index in [0.717, 1.165) is 32.4 Å². The second-order valence-electron chi connectivity index (χ2n) is 7.03. The highest BCUT2D eigenvalue weighted by molar-refractivity contribution is 7.92. The number of para-hydroxylation sites is 3. The van der Waals surface area contributed by atoms with Gasteiger partial charge in [-0.15, -0.1) is 0 Å². The Morgan fingerprint density at radius 2 is 1.29 bits per heavy atom. The number of nitrogens with one attached hydrogen (secondary N) is 2. The molecule has 0 atom stereocenters. The van der Waals surface area contributed by atoms with E-state index in [-0.39, 0.29) is 22.4 Å². The minimum absolute atomic E-state index is 0.0250. The lowest BCUT2D eigenvalue weighted by molar-refractivity contribution is 0.0598. The van der Waals surface area contributed by atoms with Gasteiger partial charge in [-0.3, -0.25) is 9.52 Å². The van der Waals surface area contributed by atoms with Crippen LogP contribution in [0.1, 0.15) is 31.1 Å². The van der Waals surface area contributed by atoms with E-state index < -0.39 is 32.8 Å². The van der Waals surface area contributed by atoms with Gasteiger partial charge in [0.1, 0.15) is 5.75 Å². The van der Waals surface area contributed by atoms with E-state index in [1.807, 2.05) is 0 Å². The van der Waals surface area contributed by atoms with Crippen molar-refractivity contribution < 1.29 is 37.0 Å². The number of hydrogen-bond donors (Lipinski definition) is 2. The number of hydrogen-bond acceptors (Lipinski definition) is 8. The van der Waals surface area contributed by atoms with Crippen molar-refractivity contribution in [2.75, 3.05) is 31.4 Å². The molecule has 3 aromatic carbocycles. The predicted molar refractivity (Wildman–Crippen MR) is 127 cm³/mol. The van der Waals surface area contributed by atoms with Gasteiger partial charge < -0.3 is 19.5 Å². The molecule has 2 N–H and O–H groups in total. The number of ether oxygens (including phenoxy) is 3. The summed E-state index contributed by atoms with van der Waals surface area (Å²) in [5.41, 5.74) is 0.0596. The van der Waals surface area contributed by atoms with Crippen molar-refractivity contribution in [3.8, 4) is 5.75 Å². The molecule has 10 nitrogen and oxygen atoms in total. The summed E-state index contributed by atoms with van der Waals surface area (Å²) in [6.45, 7) is 0. The zero-order valence-electron chi connectivity index (χ0n) is 19.0. The van der Waals surface area contributed by atoms with Gasteiger partial charge in [-0.1, -0.05) is 24.3 Å². The van der Waals surface area contributed by atoms with Crippen molar-refractivity contribution in [1.29, 1.82) is 0 Å². The Labute approximate surface area is 201 Å². The van der Waals surface area contributed by atoms with E-state index in [4.69, 9.17) is 4.74 Å². The number of rotatable bonds is 8. The van der Waals surface area contributed by atoms with Crippen molar-refractivity contribution in [3.05, 3.63) is 83.4 Å². The highest BCUT2D eigenvalue weighted by Crippen LogP contribution is 2.26. The predicted octanol–water partition coefficient (Wildman–Crippen LogP) is 3.32. The number of carbonyl (C=O) groups excluding carboxylic acids is 3. The van der Waals surface area contributed by atoms with Crippen molar-refractivity contribution in [1.82, 2.24) is 0 Å². The SMILES string of the molecule is COC(=O)c1cc(C(=O)OC)cc(S(=O)(=O)Nc2ccccc2C(=O)Nc2ccccc2OC)c1. The van der Waals surface area contributed by atoms with Crippen molar-refractivity contribution >= 4 is 39.2 Å². The monoisotopic (exact) mass is 498 g/mol. The lowest BCUT2D eigenvalue weighted by Crippen LogP contribution is -2.20. The molecule has 0 aliphatic carbocycles. The largest absolute Gasteiger partial charge is 0.495 e. The normalized spacial score (nSPS) is 10.7. The Morgan fingerprint density at radius 3 is 1.86 bits per heavy atom. The molecular weight excluding hydrogens is 476 g/mol. The molecule has 3 rings (SSSR count). The van der Waals surface area contributed by atoms with E-state index >= 15 is 0 Å².